The van der Waals surface area contributed by atoms with Gasteiger partial charge in [-0.1, -0.05) is 35.0 Å². The smallest absolute Gasteiger partial charge is 0.0341 e. The molecule has 0 bridgehead atoms. The van der Waals surface area contributed by atoms with Gasteiger partial charge in [0.25, 0.3) is 0 Å². The summed E-state index contributed by atoms with van der Waals surface area (Å²) in [6.07, 6.45) is 4.75. The van der Waals surface area contributed by atoms with Crippen LogP contribution in [0.5, 0.6) is 0 Å². The summed E-state index contributed by atoms with van der Waals surface area (Å²) in [6.45, 7) is 2.36. The molecule has 0 heterocycles. The first-order valence-electron chi connectivity index (χ1n) is 5.46. The fourth-order valence-electron chi connectivity index (χ4n) is 2.50. The molecule has 0 nitrogen and oxygen atoms in total. The minimum atomic E-state index is 0.394. The third-order valence-corrected chi connectivity index (χ3v) is 4.22. The van der Waals surface area contributed by atoms with Gasteiger partial charge in [0, 0.05) is 9.85 Å². The summed E-state index contributed by atoms with van der Waals surface area (Å²) in [5.41, 5.74) is 1.84. The highest BCUT2D eigenvalue weighted by Crippen LogP contribution is 2.42. The number of hydrogen-bond acceptors (Lipinski definition) is 0. The van der Waals surface area contributed by atoms with Crippen molar-refractivity contribution in [1.29, 1.82) is 0 Å². The molecule has 0 amide bonds. The third kappa shape index (κ3) is 2.98. The fraction of sp³-hybridized carbons (Fsp3) is 0.538. The van der Waals surface area contributed by atoms with Gasteiger partial charge in [-0.3, -0.25) is 0 Å². The van der Waals surface area contributed by atoms with Crippen molar-refractivity contribution in [1.82, 2.24) is 0 Å². The molecule has 0 saturated heterocycles. The number of rotatable bonds is 2. The van der Waals surface area contributed by atoms with Gasteiger partial charge in [-0.05, 0) is 48.8 Å². The zero-order chi connectivity index (χ0) is 10.9. The van der Waals surface area contributed by atoms with Crippen LogP contribution in [0.1, 0.15) is 31.7 Å². The van der Waals surface area contributed by atoms with Gasteiger partial charge < -0.3 is 0 Å². The molecular formula is C13H16BrCl. The Morgan fingerprint density at radius 2 is 2.07 bits per heavy atom. The van der Waals surface area contributed by atoms with Crippen molar-refractivity contribution in [2.24, 2.45) is 5.41 Å². The Morgan fingerprint density at radius 1 is 1.40 bits per heavy atom. The summed E-state index contributed by atoms with van der Waals surface area (Å²) in [5.74, 6) is 0. The number of benzene rings is 1. The molecule has 1 aromatic rings. The SMILES string of the molecule is CC1(Cc2ccc(Br)cc2)CCC(Cl)C1. The van der Waals surface area contributed by atoms with Gasteiger partial charge in [-0.25, -0.2) is 0 Å². The van der Waals surface area contributed by atoms with Crippen molar-refractivity contribution in [2.45, 2.75) is 38.0 Å². The number of alkyl halides is 1. The lowest BCUT2D eigenvalue weighted by Gasteiger charge is -2.23. The summed E-state index contributed by atoms with van der Waals surface area (Å²) in [5, 5.41) is 0.394. The monoisotopic (exact) mass is 286 g/mol. The van der Waals surface area contributed by atoms with Crippen molar-refractivity contribution in [2.75, 3.05) is 0 Å². The number of hydrogen-bond donors (Lipinski definition) is 0. The molecule has 0 N–H and O–H groups in total. The van der Waals surface area contributed by atoms with Crippen LogP contribution in [-0.4, -0.2) is 5.38 Å². The average Bonchev–Trinajstić information content (AvgIpc) is 2.50. The number of halogens is 2. The molecule has 1 aromatic carbocycles. The van der Waals surface area contributed by atoms with Gasteiger partial charge in [0.1, 0.15) is 0 Å². The molecule has 1 aliphatic carbocycles. The molecular weight excluding hydrogens is 272 g/mol. The van der Waals surface area contributed by atoms with Crippen LogP contribution < -0.4 is 0 Å². The van der Waals surface area contributed by atoms with E-state index in [0.717, 1.165) is 17.3 Å². The van der Waals surface area contributed by atoms with E-state index in [4.69, 9.17) is 11.6 Å². The van der Waals surface area contributed by atoms with E-state index in [-0.39, 0.29) is 0 Å². The molecule has 82 valence electrons. The van der Waals surface area contributed by atoms with Crippen molar-refractivity contribution >= 4 is 27.5 Å². The molecule has 0 aliphatic heterocycles. The van der Waals surface area contributed by atoms with E-state index in [1.807, 2.05) is 0 Å². The molecule has 2 heteroatoms. The summed E-state index contributed by atoms with van der Waals surface area (Å²) in [7, 11) is 0. The van der Waals surface area contributed by atoms with Gasteiger partial charge in [-0.2, -0.15) is 0 Å². The molecule has 2 unspecified atom stereocenters. The standard InChI is InChI=1S/C13H16BrCl/c1-13(7-6-12(15)9-13)8-10-2-4-11(14)5-3-10/h2-5,12H,6-9H2,1H3. The van der Waals surface area contributed by atoms with Crippen molar-refractivity contribution in [3.63, 3.8) is 0 Å². The Hall–Kier alpha value is -0.0100. The molecule has 1 fully saturated rings. The topological polar surface area (TPSA) is 0 Å². The second kappa shape index (κ2) is 4.47. The maximum absolute atomic E-state index is 6.18. The van der Waals surface area contributed by atoms with Gasteiger partial charge in [0.05, 0.1) is 0 Å². The Morgan fingerprint density at radius 3 is 2.60 bits per heavy atom. The van der Waals surface area contributed by atoms with Gasteiger partial charge >= 0.3 is 0 Å². The third-order valence-electron chi connectivity index (χ3n) is 3.32. The Kier molecular flexibility index (Phi) is 3.42. The Bertz CT molecular complexity index is 333. The largest absolute Gasteiger partial charge is 0.123 e. The second-order valence-electron chi connectivity index (χ2n) is 4.95. The van der Waals surface area contributed by atoms with E-state index in [9.17, 15) is 0 Å². The molecule has 2 rings (SSSR count). The van der Waals surface area contributed by atoms with E-state index in [1.54, 1.807) is 0 Å². The molecule has 0 radical (unpaired) electrons. The first kappa shape index (κ1) is 11.5. The lowest BCUT2D eigenvalue weighted by atomic mass is 9.82. The van der Waals surface area contributed by atoms with E-state index >= 15 is 0 Å². The van der Waals surface area contributed by atoms with Crippen LogP contribution in [0.25, 0.3) is 0 Å². The molecule has 0 aromatic heterocycles. The van der Waals surface area contributed by atoms with Crippen LogP contribution in [0.3, 0.4) is 0 Å². The van der Waals surface area contributed by atoms with Crippen molar-refractivity contribution in [3.8, 4) is 0 Å². The van der Waals surface area contributed by atoms with E-state index in [1.165, 1.54) is 18.4 Å². The maximum Gasteiger partial charge on any atom is 0.0341 e. The molecule has 0 spiro atoms. The van der Waals surface area contributed by atoms with Crippen LogP contribution in [0.15, 0.2) is 28.7 Å². The molecule has 1 saturated carbocycles. The fourth-order valence-corrected chi connectivity index (χ4v) is 3.25. The zero-order valence-corrected chi connectivity index (χ0v) is 11.3. The van der Waals surface area contributed by atoms with Crippen LogP contribution in [-0.2, 0) is 6.42 Å². The molecule has 15 heavy (non-hydrogen) atoms. The van der Waals surface area contributed by atoms with Crippen LogP contribution >= 0.6 is 27.5 Å². The molecule has 1 aliphatic rings. The lowest BCUT2D eigenvalue weighted by Crippen LogP contribution is -2.15. The summed E-state index contributed by atoms with van der Waals surface area (Å²) in [6, 6.07) is 8.64. The second-order valence-corrected chi connectivity index (χ2v) is 6.49. The maximum atomic E-state index is 6.18. The van der Waals surface area contributed by atoms with Gasteiger partial charge in [0.2, 0.25) is 0 Å². The highest BCUT2D eigenvalue weighted by atomic mass is 79.9. The van der Waals surface area contributed by atoms with Crippen molar-refractivity contribution in [3.05, 3.63) is 34.3 Å². The average molecular weight is 288 g/mol. The quantitative estimate of drug-likeness (QED) is 0.686. The summed E-state index contributed by atoms with van der Waals surface area (Å²) in [4.78, 5) is 0. The minimum Gasteiger partial charge on any atom is -0.123 e. The lowest BCUT2D eigenvalue weighted by molar-refractivity contribution is 0.335. The summed E-state index contributed by atoms with van der Waals surface area (Å²) < 4.78 is 1.15. The highest BCUT2D eigenvalue weighted by Gasteiger charge is 2.33. The van der Waals surface area contributed by atoms with Gasteiger partial charge in [-0.15, -0.1) is 11.6 Å². The van der Waals surface area contributed by atoms with Gasteiger partial charge in [0.15, 0.2) is 0 Å². The van der Waals surface area contributed by atoms with E-state index in [2.05, 4.69) is 47.1 Å². The van der Waals surface area contributed by atoms with Crippen molar-refractivity contribution < 1.29 is 0 Å². The first-order chi connectivity index (χ1) is 7.07. The van der Waals surface area contributed by atoms with E-state index < -0.39 is 0 Å². The first-order valence-corrected chi connectivity index (χ1v) is 6.69. The predicted molar refractivity (Wildman–Crippen MR) is 69.4 cm³/mol. The normalized spacial score (nSPS) is 30.7. The van der Waals surface area contributed by atoms with Crippen LogP contribution in [0.2, 0.25) is 0 Å². The Balaban J connectivity index is 2.05. The minimum absolute atomic E-state index is 0.394. The molecule has 2 atom stereocenters. The van der Waals surface area contributed by atoms with Crippen LogP contribution in [0, 0.1) is 5.41 Å². The Labute approximate surface area is 105 Å². The zero-order valence-electron chi connectivity index (χ0n) is 8.97. The predicted octanol–water partition coefficient (Wildman–Crippen LogP) is 4.79. The summed E-state index contributed by atoms with van der Waals surface area (Å²) >= 11 is 9.64. The van der Waals surface area contributed by atoms with E-state index in [0.29, 0.717) is 10.8 Å². The van der Waals surface area contributed by atoms with Crippen LogP contribution in [0.4, 0.5) is 0 Å². The highest BCUT2D eigenvalue weighted by molar-refractivity contribution is 9.10.